The van der Waals surface area contributed by atoms with E-state index in [1.807, 2.05) is 0 Å². The fourth-order valence-electron chi connectivity index (χ4n) is 2.35. The Morgan fingerprint density at radius 3 is 2.26 bits per heavy atom. The van der Waals surface area contributed by atoms with Crippen LogP contribution >= 0.6 is 0 Å². The lowest BCUT2D eigenvalue weighted by molar-refractivity contribution is 0.646. The second-order valence-electron chi connectivity index (χ2n) is 5.73. The Hall–Kier alpha value is -1.60. The maximum absolute atomic E-state index is 6.37. The third-order valence-electron chi connectivity index (χ3n) is 3.39. The summed E-state index contributed by atoms with van der Waals surface area (Å²) in [5.41, 5.74) is 11.4. The summed E-state index contributed by atoms with van der Waals surface area (Å²) in [4.78, 5) is 0. The lowest BCUT2D eigenvalue weighted by Gasteiger charge is -2.15. The van der Waals surface area contributed by atoms with Crippen LogP contribution in [-0.4, -0.2) is 0 Å². The highest BCUT2D eigenvalue weighted by molar-refractivity contribution is 5.35. The highest BCUT2D eigenvalue weighted by atomic mass is 14.6. The predicted octanol–water partition coefficient (Wildman–Crippen LogP) is 4.24. The van der Waals surface area contributed by atoms with Gasteiger partial charge in [0.05, 0.1) is 6.04 Å². The molecule has 0 aliphatic carbocycles. The fourth-order valence-corrected chi connectivity index (χ4v) is 2.35. The standard InChI is InChI=1S/C18H23N/c1-13(2)11-15-5-4-6-17(12-15)18(19)16-9-7-14(3)8-10-16/h4-10,12-13,18H,11,19H2,1-3H3. The van der Waals surface area contributed by atoms with Gasteiger partial charge in [-0.3, -0.25) is 0 Å². The molecule has 2 rings (SSSR count). The third kappa shape index (κ3) is 3.68. The van der Waals surface area contributed by atoms with Gasteiger partial charge in [0.25, 0.3) is 0 Å². The van der Waals surface area contributed by atoms with Crippen LogP contribution < -0.4 is 5.73 Å². The summed E-state index contributed by atoms with van der Waals surface area (Å²) in [5.74, 6) is 0.672. The van der Waals surface area contributed by atoms with Gasteiger partial charge in [0.15, 0.2) is 0 Å². The Kier molecular flexibility index (Phi) is 4.39. The monoisotopic (exact) mass is 253 g/mol. The van der Waals surface area contributed by atoms with Crippen molar-refractivity contribution in [2.75, 3.05) is 0 Å². The van der Waals surface area contributed by atoms with Crippen molar-refractivity contribution in [3.63, 3.8) is 0 Å². The van der Waals surface area contributed by atoms with Crippen LogP contribution in [0.2, 0.25) is 0 Å². The van der Waals surface area contributed by atoms with E-state index in [9.17, 15) is 0 Å². The number of benzene rings is 2. The molecule has 2 aromatic carbocycles. The average Bonchev–Trinajstić information content (AvgIpc) is 2.38. The molecule has 19 heavy (non-hydrogen) atoms. The van der Waals surface area contributed by atoms with E-state index in [4.69, 9.17) is 5.73 Å². The summed E-state index contributed by atoms with van der Waals surface area (Å²) in [7, 11) is 0. The molecule has 2 aromatic rings. The first kappa shape index (κ1) is 13.8. The van der Waals surface area contributed by atoms with Crippen LogP contribution in [0.15, 0.2) is 48.5 Å². The van der Waals surface area contributed by atoms with Crippen molar-refractivity contribution in [3.05, 3.63) is 70.8 Å². The van der Waals surface area contributed by atoms with E-state index in [2.05, 4.69) is 69.3 Å². The summed E-state index contributed by atoms with van der Waals surface area (Å²) in [6, 6.07) is 17.1. The van der Waals surface area contributed by atoms with Crippen LogP contribution in [0.25, 0.3) is 0 Å². The summed E-state index contributed by atoms with van der Waals surface area (Å²) in [5, 5.41) is 0. The molecule has 0 saturated heterocycles. The lowest BCUT2D eigenvalue weighted by atomic mass is 9.95. The van der Waals surface area contributed by atoms with Crippen molar-refractivity contribution >= 4 is 0 Å². The topological polar surface area (TPSA) is 26.0 Å². The van der Waals surface area contributed by atoms with E-state index >= 15 is 0 Å². The molecule has 0 aliphatic rings. The minimum Gasteiger partial charge on any atom is -0.320 e. The van der Waals surface area contributed by atoms with Gasteiger partial charge < -0.3 is 5.73 Å². The van der Waals surface area contributed by atoms with Crippen molar-refractivity contribution in [1.29, 1.82) is 0 Å². The first-order chi connectivity index (χ1) is 9.06. The molecule has 0 bridgehead atoms. The fraction of sp³-hybridized carbons (Fsp3) is 0.333. The van der Waals surface area contributed by atoms with Gasteiger partial charge in [0.1, 0.15) is 0 Å². The van der Waals surface area contributed by atoms with Gasteiger partial charge in [-0.15, -0.1) is 0 Å². The van der Waals surface area contributed by atoms with E-state index in [0.29, 0.717) is 5.92 Å². The SMILES string of the molecule is Cc1ccc(C(N)c2cccc(CC(C)C)c2)cc1. The largest absolute Gasteiger partial charge is 0.320 e. The molecule has 0 amide bonds. The van der Waals surface area contributed by atoms with Gasteiger partial charge >= 0.3 is 0 Å². The third-order valence-corrected chi connectivity index (χ3v) is 3.39. The molecule has 1 nitrogen and oxygen atoms in total. The molecule has 1 unspecified atom stereocenters. The molecule has 0 aliphatic heterocycles. The Bertz CT molecular complexity index is 526. The molecular weight excluding hydrogens is 230 g/mol. The van der Waals surface area contributed by atoms with Gasteiger partial charge in [0.2, 0.25) is 0 Å². The van der Waals surface area contributed by atoms with Crippen LogP contribution in [-0.2, 0) is 6.42 Å². The van der Waals surface area contributed by atoms with Crippen molar-refractivity contribution in [2.24, 2.45) is 11.7 Å². The van der Waals surface area contributed by atoms with Gasteiger partial charge in [-0.1, -0.05) is 67.9 Å². The maximum atomic E-state index is 6.37. The Labute approximate surface area is 116 Å². The summed E-state index contributed by atoms with van der Waals surface area (Å²) in [6.45, 7) is 6.58. The molecular formula is C18H23N. The van der Waals surface area contributed by atoms with Crippen molar-refractivity contribution in [3.8, 4) is 0 Å². The predicted molar refractivity (Wildman–Crippen MR) is 82.2 cm³/mol. The second kappa shape index (κ2) is 6.03. The van der Waals surface area contributed by atoms with E-state index in [1.165, 1.54) is 22.3 Å². The summed E-state index contributed by atoms with van der Waals surface area (Å²) >= 11 is 0. The summed E-state index contributed by atoms with van der Waals surface area (Å²) < 4.78 is 0. The second-order valence-corrected chi connectivity index (χ2v) is 5.73. The number of hydrogen-bond donors (Lipinski definition) is 1. The Morgan fingerprint density at radius 2 is 1.63 bits per heavy atom. The zero-order valence-corrected chi connectivity index (χ0v) is 12.1. The minimum absolute atomic E-state index is 0.0345. The highest BCUT2D eigenvalue weighted by Crippen LogP contribution is 2.21. The number of rotatable bonds is 4. The van der Waals surface area contributed by atoms with Crippen LogP contribution in [0.1, 0.15) is 42.1 Å². The van der Waals surface area contributed by atoms with Gasteiger partial charge in [0, 0.05) is 0 Å². The molecule has 0 aromatic heterocycles. The minimum atomic E-state index is -0.0345. The Balaban J connectivity index is 2.23. The molecule has 0 saturated carbocycles. The van der Waals surface area contributed by atoms with E-state index in [-0.39, 0.29) is 6.04 Å². The highest BCUT2D eigenvalue weighted by Gasteiger charge is 2.09. The van der Waals surface area contributed by atoms with Gasteiger partial charge in [-0.05, 0) is 36.0 Å². The average molecular weight is 253 g/mol. The number of hydrogen-bond acceptors (Lipinski definition) is 1. The normalized spacial score (nSPS) is 12.7. The summed E-state index contributed by atoms with van der Waals surface area (Å²) in [6.07, 6.45) is 1.11. The van der Waals surface area contributed by atoms with E-state index in [1.54, 1.807) is 0 Å². The number of aryl methyl sites for hydroxylation is 1. The maximum Gasteiger partial charge on any atom is 0.0551 e. The van der Waals surface area contributed by atoms with E-state index < -0.39 is 0 Å². The smallest absolute Gasteiger partial charge is 0.0551 e. The van der Waals surface area contributed by atoms with Gasteiger partial charge in [-0.2, -0.15) is 0 Å². The van der Waals surface area contributed by atoms with Crippen molar-refractivity contribution in [2.45, 2.75) is 33.2 Å². The zero-order valence-electron chi connectivity index (χ0n) is 12.1. The lowest BCUT2D eigenvalue weighted by Crippen LogP contribution is -2.12. The van der Waals surface area contributed by atoms with Crippen LogP contribution in [0.4, 0.5) is 0 Å². The van der Waals surface area contributed by atoms with Crippen molar-refractivity contribution in [1.82, 2.24) is 0 Å². The molecule has 0 radical (unpaired) electrons. The first-order valence-corrected chi connectivity index (χ1v) is 6.97. The van der Waals surface area contributed by atoms with Crippen LogP contribution in [0.5, 0.6) is 0 Å². The molecule has 1 heteroatoms. The van der Waals surface area contributed by atoms with Crippen molar-refractivity contribution < 1.29 is 0 Å². The quantitative estimate of drug-likeness (QED) is 0.866. The van der Waals surface area contributed by atoms with Crippen LogP contribution in [0.3, 0.4) is 0 Å². The van der Waals surface area contributed by atoms with Gasteiger partial charge in [-0.25, -0.2) is 0 Å². The van der Waals surface area contributed by atoms with E-state index in [0.717, 1.165) is 6.42 Å². The molecule has 0 spiro atoms. The first-order valence-electron chi connectivity index (χ1n) is 6.97. The molecule has 1 atom stereocenters. The Morgan fingerprint density at radius 1 is 0.947 bits per heavy atom. The molecule has 0 fully saturated rings. The number of nitrogens with two attached hydrogens (primary N) is 1. The molecule has 100 valence electrons. The molecule has 2 N–H and O–H groups in total. The van der Waals surface area contributed by atoms with Crippen LogP contribution in [0, 0.1) is 12.8 Å². The zero-order chi connectivity index (χ0) is 13.8. The molecule has 0 heterocycles.